The van der Waals surface area contributed by atoms with Crippen molar-refractivity contribution in [1.29, 1.82) is 0 Å². The van der Waals surface area contributed by atoms with Gasteiger partial charge in [-0.25, -0.2) is 13.4 Å². The molecule has 1 N–H and O–H groups in total. The summed E-state index contributed by atoms with van der Waals surface area (Å²) >= 11 is 3.48. The van der Waals surface area contributed by atoms with Crippen molar-refractivity contribution in [2.75, 3.05) is 18.4 Å². The lowest BCUT2D eigenvalue weighted by molar-refractivity contribution is -0.274. The predicted molar refractivity (Wildman–Crippen MR) is 136 cm³/mol. The highest BCUT2D eigenvalue weighted by atomic mass is 79.9. The van der Waals surface area contributed by atoms with E-state index in [1.54, 1.807) is 23.1 Å². The fraction of sp³-hybridized carbons (Fsp3) is 0.292. The van der Waals surface area contributed by atoms with Crippen molar-refractivity contribution in [3.8, 4) is 5.75 Å². The van der Waals surface area contributed by atoms with Crippen molar-refractivity contribution in [2.24, 2.45) is 0 Å². The third-order valence-electron chi connectivity index (χ3n) is 6.12. The number of rotatable bonds is 7. The molecule has 4 heterocycles. The zero-order valence-electron chi connectivity index (χ0n) is 19.8. The Labute approximate surface area is 224 Å². The first-order valence-corrected chi connectivity index (χ1v) is 13.9. The van der Waals surface area contributed by atoms with Gasteiger partial charge in [-0.1, -0.05) is 12.1 Å². The molecule has 1 fully saturated rings. The molecule has 1 unspecified atom stereocenters. The maximum atomic E-state index is 13.4. The van der Waals surface area contributed by atoms with Crippen LogP contribution in [0.4, 0.5) is 19.0 Å². The molecule has 38 heavy (non-hydrogen) atoms. The molecule has 0 aliphatic carbocycles. The van der Waals surface area contributed by atoms with E-state index in [1.807, 2.05) is 18.2 Å². The number of hydrogen-bond acceptors (Lipinski definition) is 7. The largest absolute Gasteiger partial charge is 0.573 e. The van der Waals surface area contributed by atoms with Gasteiger partial charge in [-0.05, 0) is 52.5 Å². The maximum absolute atomic E-state index is 13.4. The minimum absolute atomic E-state index is 0.129. The number of hydrogen-bond donors (Lipinski definition) is 1. The van der Waals surface area contributed by atoms with Crippen molar-refractivity contribution >= 4 is 37.4 Å². The minimum atomic E-state index is -4.92. The minimum Gasteiger partial charge on any atom is -0.406 e. The summed E-state index contributed by atoms with van der Waals surface area (Å²) in [4.78, 5) is 8.61. The first-order chi connectivity index (χ1) is 18.1. The zero-order chi connectivity index (χ0) is 26.9. The molecule has 9 nitrogen and oxygen atoms in total. The summed E-state index contributed by atoms with van der Waals surface area (Å²) in [5.74, 6) is -0.149. The molecule has 0 radical (unpaired) electrons. The predicted octanol–water partition coefficient (Wildman–Crippen LogP) is 4.97. The summed E-state index contributed by atoms with van der Waals surface area (Å²) in [6.45, 7) is 0.864. The van der Waals surface area contributed by atoms with Crippen LogP contribution in [-0.2, 0) is 16.6 Å². The van der Waals surface area contributed by atoms with Gasteiger partial charge in [0.25, 0.3) is 0 Å². The molecule has 1 saturated heterocycles. The Morgan fingerprint density at radius 2 is 2.00 bits per heavy atom. The zero-order valence-corrected chi connectivity index (χ0v) is 22.2. The molecule has 0 saturated carbocycles. The second kappa shape index (κ2) is 10.5. The van der Waals surface area contributed by atoms with E-state index < -0.39 is 22.1 Å². The van der Waals surface area contributed by atoms with Crippen molar-refractivity contribution in [2.45, 2.75) is 36.6 Å². The lowest BCUT2D eigenvalue weighted by Crippen LogP contribution is -2.39. The highest BCUT2D eigenvalue weighted by molar-refractivity contribution is 9.10. The number of anilines is 1. The number of sulfonamides is 1. The van der Waals surface area contributed by atoms with Gasteiger partial charge in [-0.3, -0.25) is 4.98 Å². The first-order valence-electron chi connectivity index (χ1n) is 11.6. The van der Waals surface area contributed by atoms with Crippen LogP contribution >= 0.6 is 15.9 Å². The number of ether oxygens (including phenoxy) is 1. The Bertz CT molecular complexity index is 1550. The van der Waals surface area contributed by atoms with Gasteiger partial charge in [0.2, 0.25) is 10.0 Å². The SMILES string of the molecule is O=S(=O)(c1cccc(OC(F)(F)F)c1)N1CCCC(c2cc(NCc3cccnc3)n3ncc(Br)c3n2)C1. The number of alkyl halides is 3. The van der Waals surface area contributed by atoms with Gasteiger partial charge < -0.3 is 10.1 Å². The van der Waals surface area contributed by atoms with Crippen LogP contribution in [-0.4, -0.2) is 51.8 Å². The van der Waals surface area contributed by atoms with Gasteiger partial charge in [0.05, 0.1) is 21.3 Å². The summed E-state index contributed by atoms with van der Waals surface area (Å²) < 4.78 is 72.2. The average molecular weight is 611 g/mol. The number of nitrogens with one attached hydrogen (secondary N) is 1. The average Bonchev–Trinajstić information content (AvgIpc) is 3.28. The van der Waals surface area contributed by atoms with E-state index >= 15 is 0 Å². The Morgan fingerprint density at radius 3 is 2.76 bits per heavy atom. The summed E-state index contributed by atoms with van der Waals surface area (Å²) in [6, 6.07) is 10.1. The smallest absolute Gasteiger partial charge is 0.406 e. The van der Waals surface area contributed by atoms with Crippen molar-refractivity contribution in [3.05, 3.63) is 76.8 Å². The molecule has 0 spiro atoms. The summed E-state index contributed by atoms with van der Waals surface area (Å²) in [5.41, 5.74) is 2.23. The number of piperidine rings is 1. The normalized spacial score (nSPS) is 17.0. The number of halogens is 4. The number of nitrogens with zero attached hydrogens (tertiary/aromatic N) is 5. The second-order valence-electron chi connectivity index (χ2n) is 8.73. The lowest BCUT2D eigenvalue weighted by Gasteiger charge is -2.32. The van der Waals surface area contributed by atoms with Gasteiger partial charge in [0, 0.05) is 50.1 Å². The molecule has 1 aliphatic rings. The van der Waals surface area contributed by atoms with Gasteiger partial charge >= 0.3 is 6.36 Å². The van der Waals surface area contributed by atoms with Crippen molar-refractivity contribution in [3.63, 3.8) is 0 Å². The van der Waals surface area contributed by atoms with Gasteiger partial charge in [0.1, 0.15) is 11.6 Å². The van der Waals surface area contributed by atoms with Crippen LogP contribution in [0.2, 0.25) is 0 Å². The van der Waals surface area contributed by atoms with E-state index in [4.69, 9.17) is 4.98 Å². The van der Waals surface area contributed by atoms with Crippen LogP contribution < -0.4 is 10.1 Å². The van der Waals surface area contributed by atoms with E-state index in [0.717, 1.165) is 17.7 Å². The Kier molecular flexibility index (Phi) is 7.29. The molecule has 0 amide bonds. The molecule has 5 rings (SSSR count). The van der Waals surface area contributed by atoms with Crippen molar-refractivity contribution < 1.29 is 26.3 Å². The lowest BCUT2D eigenvalue weighted by atomic mass is 9.96. The molecule has 3 aromatic heterocycles. The molecular weight excluding hydrogens is 589 g/mol. The monoisotopic (exact) mass is 610 g/mol. The molecule has 1 aliphatic heterocycles. The van der Waals surface area contributed by atoms with E-state index in [0.29, 0.717) is 41.0 Å². The molecule has 1 aromatic carbocycles. The van der Waals surface area contributed by atoms with Crippen LogP contribution in [0.15, 0.2) is 70.4 Å². The molecule has 200 valence electrons. The summed E-state index contributed by atoms with van der Waals surface area (Å²) in [5, 5.41) is 7.73. The molecular formula is C24H22BrF3N6O3S. The van der Waals surface area contributed by atoms with Gasteiger partial charge in [0.15, 0.2) is 5.65 Å². The number of benzene rings is 1. The number of pyridine rings is 1. The highest BCUT2D eigenvalue weighted by Crippen LogP contribution is 2.33. The maximum Gasteiger partial charge on any atom is 0.573 e. The molecule has 14 heteroatoms. The van der Waals surface area contributed by atoms with Gasteiger partial charge in [-0.15, -0.1) is 13.2 Å². The summed E-state index contributed by atoms with van der Waals surface area (Å²) in [7, 11) is -4.07. The molecule has 1 atom stereocenters. The van der Waals surface area contributed by atoms with Crippen molar-refractivity contribution in [1.82, 2.24) is 23.9 Å². The Morgan fingerprint density at radius 1 is 1.16 bits per heavy atom. The van der Waals surface area contributed by atoms with E-state index in [1.165, 1.54) is 16.4 Å². The van der Waals surface area contributed by atoms with Gasteiger partial charge in [-0.2, -0.15) is 13.9 Å². The Hall–Kier alpha value is -3.23. The number of aromatic nitrogens is 4. The molecule has 4 aromatic rings. The van der Waals surface area contributed by atoms with E-state index in [-0.39, 0.29) is 23.9 Å². The van der Waals surface area contributed by atoms with Crippen LogP contribution in [0, 0.1) is 0 Å². The highest BCUT2D eigenvalue weighted by Gasteiger charge is 2.34. The third-order valence-corrected chi connectivity index (χ3v) is 8.54. The fourth-order valence-electron chi connectivity index (χ4n) is 4.37. The van der Waals surface area contributed by atoms with Crippen LogP contribution in [0.5, 0.6) is 5.75 Å². The topological polar surface area (TPSA) is 102 Å². The molecule has 0 bridgehead atoms. The summed E-state index contributed by atoms with van der Waals surface area (Å²) in [6.07, 6.45) is 1.42. The fourth-order valence-corrected chi connectivity index (χ4v) is 6.28. The van der Waals surface area contributed by atoms with E-state index in [2.05, 4.69) is 36.1 Å². The van der Waals surface area contributed by atoms with Crippen LogP contribution in [0.3, 0.4) is 0 Å². The first kappa shape index (κ1) is 26.4. The van der Waals surface area contributed by atoms with E-state index in [9.17, 15) is 21.6 Å². The number of fused-ring (bicyclic) bond motifs is 1. The quantitative estimate of drug-likeness (QED) is 0.315. The Balaban J connectivity index is 1.41. The standard InChI is InChI=1S/C24H22BrF3N6O3S/c25-20-14-31-34-22(30-13-16-4-2-8-29-12-16)11-21(32-23(20)34)17-5-3-9-33(15-17)38(35,36)19-7-1-6-18(10-19)37-24(26,27)28/h1-2,4,6-8,10-12,14,17,30H,3,5,9,13,15H2. The second-order valence-corrected chi connectivity index (χ2v) is 11.5. The van der Waals surface area contributed by atoms with Crippen LogP contribution in [0.25, 0.3) is 5.65 Å². The third kappa shape index (κ3) is 5.76. The van der Waals surface area contributed by atoms with Crippen LogP contribution in [0.1, 0.15) is 30.0 Å².